The normalized spacial score (nSPS) is 52.6. The van der Waals surface area contributed by atoms with Crippen molar-refractivity contribution < 1.29 is 14.3 Å². The van der Waals surface area contributed by atoms with E-state index in [2.05, 4.69) is 13.8 Å². The van der Waals surface area contributed by atoms with Crippen molar-refractivity contribution in [3.63, 3.8) is 0 Å². The first-order valence-corrected chi connectivity index (χ1v) is 6.64. The Bertz CT molecular complexity index is 402. The Kier molecular flexibility index (Phi) is 2.14. The summed E-state index contributed by atoms with van der Waals surface area (Å²) >= 11 is 0. The monoisotopic (exact) mass is 236 g/mol. The third-order valence-corrected chi connectivity index (χ3v) is 5.68. The van der Waals surface area contributed by atoms with Gasteiger partial charge in [-0.3, -0.25) is 9.59 Å². The van der Waals surface area contributed by atoms with E-state index < -0.39 is 5.92 Å². The molecule has 2 saturated carbocycles. The van der Waals surface area contributed by atoms with Crippen molar-refractivity contribution in [2.45, 2.75) is 58.2 Å². The first-order valence-electron chi connectivity index (χ1n) is 6.64. The molecular weight excluding hydrogens is 216 g/mol. The molecule has 0 amide bonds. The van der Waals surface area contributed by atoms with Crippen LogP contribution in [0.15, 0.2) is 0 Å². The van der Waals surface area contributed by atoms with E-state index in [1.165, 1.54) is 0 Å². The zero-order chi connectivity index (χ0) is 12.4. The average molecular weight is 236 g/mol. The molecule has 17 heavy (non-hydrogen) atoms. The molecule has 0 radical (unpaired) electrons. The van der Waals surface area contributed by atoms with Crippen LogP contribution in [0.5, 0.6) is 0 Å². The number of carbonyl (C=O) groups excluding carboxylic acids is 2. The maximum absolute atomic E-state index is 12.1. The van der Waals surface area contributed by atoms with Crippen LogP contribution in [0, 0.1) is 17.3 Å². The van der Waals surface area contributed by atoms with Crippen LogP contribution >= 0.6 is 0 Å². The quantitative estimate of drug-likeness (QED) is 0.517. The molecule has 1 aliphatic heterocycles. The summed E-state index contributed by atoms with van der Waals surface area (Å²) < 4.78 is 5.97. The maximum atomic E-state index is 12.1. The fourth-order valence-electron chi connectivity index (χ4n) is 4.56. The van der Waals surface area contributed by atoms with Crippen molar-refractivity contribution in [1.82, 2.24) is 0 Å². The standard InChI is InChI=1S/C14H20O3/c1-8-4-5-11-14(17-11)7-6-10(16)12(9(2)15)13(8,14)3/h8,11-12H,4-7H2,1-3H3/t8-,11-,12+,13-,14-/m0/s1. The second kappa shape index (κ2) is 3.19. The Morgan fingerprint density at radius 1 is 1.41 bits per heavy atom. The first-order chi connectivity index (χ1) is 7.93. The Morgan fingerprint density at radius 2 is 2.12 bits per heavy atom. The van der Waals surface area contributed by atoms with E-state index in [4.69, 9.17) is 4.74 Å². The van der Waals surface area contributed by atoms with Crippen LogP contribution in [0.1, 0.15) is 46.5 Å². The Morgan fingerprint density at radius 3 is 2.76 bits per heavy atom. The van der Waals surface area contributed by atoms with Gasteiger partial charge in [-0.05, 0) is 32.1 Å². The minimum Gasteiger partial charge on any atom is -0.365 e. The molecule has 94 valence electrons. The second-order valence-electron chi connectivity index (χ2n) is 6.27. The van der Waals surface area contributed by atoms with Crippen molar-refractivity contribution >= 4 is 11.6 Å². The van der Waals surface area contributed by atoms with Crippen molar-refractivity contribution in [3.05, 3.63) is 0 Å². The molecule has 0 aromatic heterocycles. The highest BCUT2D eigenvalue weighted by molar-refractivity contribution is 6.03. The molecule has 3 rings (SSSR count). The summed E-state index contributed by atoms with van der Waals surface area (Å²) in [5.41, 5.74) is -0.425. The van der Waals surface area contributed by atoms with E-state index in [1.807, 2.05) is 0 Å². The number of carbonyl (C=O) groups is 2. The van der Waals surface area contributed by atoms with Crippen LogP contribution in [-0.2, 0) is 14.3 Å². The lowest BCUT2D eigenvalue weighted by molar-refractivity contribution is -0.149. The van der Waals surface area contributed by atoms with Gasteiger partial charge in [0.15, 0.2) is 0 Å². The zero-order valence-corrected chi connectivity index (χ0v) is 10.8. The first kappa shape index (κ1) is 11.4. The Hall–Kier alpha value is -0.700. The van der Waals surface area contributed by atoms with Crippen LogP contribution in [0.2, 0.25) is 0 Å². The molecule has 1 heterocycles. The van der Waals surface area contributed by atoms with Gasteiger partial charge in [0.25, 0.3) is 0 Å². The van der Waals surface area contributed by atoms with Crippen molar-refractivity contribution in [2.75, 3.05) is 0 Å². The van der Waals surface area contributed by atoms with E-state index in [1.54, 1.807) is 6.92 Å². The number of rotatable bonds is 1. The summed E-state index contributed by atoms with van der Waals surface area (Å²) in [7, 11) is 0. The maximum Gasteiger partial charge on any atom is 0.144 e. The fourth-order valence-corrected chi connectivity index (χ4v) is 4.56. The molecule has 3 aliphatic rings. The van der Waals surface area contributed by atoms with Crippen LogP contribution in [0.3, 0.4) is 0 Å². The molecule has 0 bridgehead atoms. The molecule has 0 aromatic rings. The van der Waals surface area contributed by atoms with Gasteiger partial charge in [-0.1, -0.05) is 13.8 Å². The van der Waals surface area contributed by atoms with Gasteiger partial charge in [0.05, 0.1) is 12.0 Å². The summed E-state index contributed by atoms with van der Waals surface area (Å²) in [6.45, 7) is 5.85. The number of epoxide rings is 1. The smallest absolute Gasteiger partial charge is 0.144 e. The van der Waals surface area contributed by atoms with Crippen LogP contribution in [-0.4, -0.2) is 23.3 Å². The highest BCUT2D eigenvalue weighted by Gasteiger charge is 2.75. The largest absolute Gasteiger partial charge is 0.365 e. The van der Waals surface area contributed by atoms with E-state index in [-0.39, 0.29) is 22.6 Å². The van der Waals surface area contributed by atoms with Gasteiger partial charge in [0, 0.05) is 11.8 Å². The van der Waals surface area contributed by atoms with Crippen molar-refractivity contribution in [2.24, 2.45) is 17.3 Å². The Labute approximate surface area is 102 Å². The van der Waals surface area contributed by atoms with E-state index in [9.17, 15) is 9.59 Å². The average Bonchev–Trinajstić information content (AvgIpc) is 2.96. The summed E-state index contributed by atoms with van der Waals surface area (Å²) in [6.07, 6.45) is 3.80. The molecular formula is C14H20O3. The lowest BCUT2D eigenvalue weighted by Crippen LogP contribution is -2.58. The molecule has 0 aromatic carbocycles. The molecule has 2 aliphatic carbocycles. The summed E-state index contributed by atoms with van der Waals surface area (Å²) in [6, 6.07) is 0. The molecule has 0 N–H and O–H groups in total. The summed E-state index contributed by atoms with van der Waals surface area (Å²) in [5.74, 6) is 0.115. The van der Waals surface area contributed by atoms with Crippen molar-refractivity contribution in [3.8, 4) is 0 Å². The predicted octanol–water partition coefficient (Wildman–Crippen LogP) is 2.13. The fraction of sp³-hybridized carbons (Fsp3) is 0.857. The van der Waals surface area contributed by atoms with Crippen LogP contribution < -0.4 is 0 Å². The molecule has 1 saturated heterocycles. The highest BCUT2D eigenvalue weighted by atomic mass is 16.6. The lowest BCUT2D eigenvalue weighted by Gasteiger charge is -2.50. The van der Waals surface area contributed by atoms with E-state index >= 15 is 0 Å². The van der Waals surface area contributed by atoms with E-state index in [0.29, 0.717) is 18.4 Å². The van der Waals surface area contributed by atoms with Gasteiger partial charge in [0.1, 0.15) is 17.2 Å². The van der Waals surface area contributed by atoms with Gasteiger partial charge in [-0.15, -0.1) is 0 Å². The van der Waals surface area contributed by atoms with Gasteiger partial charge < -0.3 is 4.74 Å². The molecule has 0 unspecified atom stereocenters. The number of Topliss-reactive ketones (excluding diaryl/α,β-unsaturated/α-hetero) is 2. The number of hydrogen-bond donors (Lipinski definition) is 0. The van der Waals surface area contributed by atoms with Gasteiger partial charge in [0.2, 0.25) is 0 Å². The summed E-state index contributed by atoms with van der Waals surface area (Å²) in [5, 5.41) is 0. The topological polar surface area (TPSA) is 46.7 Å². The SMILES string of the molecule is CC(=O)[C@@H]1C(=O)CC[C@]23O[C@H]2CC[C@H](C)[C@@]13C. The van der Waals surface area contributed by atoms with Crippen LogP contribution in [0.4, 0.5) is 0 Å². The highest BCUT2D eigenvalue weighted by Crippen LogP contribution is 2.67. The predicted molar refractivity (Wildman–Crippen MR) is 62.5 cm³/mol. The Balaban J connectivity index is 2.08. The summed E-state index contributed by atoms with van der Waals surface area (Å²) in [4.78, 5) is 24.0. The van der Waals surface area contributed by atoms with Gasteiger partial charge >= 0.3 is 0 Å². The lowest BCUT2D eigenvalue weighted by atomic mass is 9.50. The third kappa shape index (κ3) is 1.16. The third-order valence-electron chi connectivity index (χ3n) is 5.68. The number of hydrogen-bond acceptors (Lipinski definition) is 3. The number of ketones is 2. The van der Waals surface area contributed by atoms with Crippen LogP contribution in [0.25, 0.3) is 0 Å². The molecule has 5 atom stereocenters. The molecule has 3 fully saturated rings. The minimum atomic E-state index is -0.434. The molecule has 1 spiro atoms. The number of ether oxygens (including phenoxy) is 1. The van der Waals surface area contributed by atoms with Gasteiger partial charge in [-0.2, -0.15) is 0 Å². The zero-order valence-electron chi connectivity index (χ0n) is 10.8. The molecule has 3 heteroatoms. The van der Waals surface area contributed by atoms with E-state index in [0.717, 1.165) is 19.3 Å². The molecule has 3 nitrogen and oxygen atoms in total. The second-order valence-corrected chi connectivity index (χ2v) is 6.27. The van der Waals surface area contributed by atoms with Gasteiger partial charge in [-0.25, -0.2) is 0 Å². The van der Waals surface area contributed by atoms with Crippen molar-refractivity contribution in [1.29, 1.82) is 0 Å². The minimum absolute atomic E-state index is 0.0274.